The maximum atomic E-state index is 12.6. The number of para-hydroxylation sites is 2. The van der Waals surface area contributed by atoms with Gasteiger partial charge in [0, 0.05) is 5.69 Å². The third-order valence-electron chi connectivity index (χ3n) is 6.74. The normalized spacial score (nSPS) is 11.7. The number of rotatable bonds is 6. The standard InChI is InChI=1S/C29H28N4O3/c1-5-29(2,3)18-10-14-20(15-11-18)36-21-16-12-19(13-17-21)33-26(30)24(28(34)35-4)25-27(33)32-23-9-7-6-8-22(23)31-25/h6-17H,5,30H2,1-4H3. The molecule has 0 amide bonds. The van der Waals surface area contributed by atoms with Crippen LogP contribution in [0.5, 0.6) is 11.5 Å². The van der Waals surface area contributed by atoms with Crippen LogP contribution in [0.25, 0.3) is 27.9 Å². The first kappa shape index (κ1) is 23.4. The average molecular weight is 481 g/mol. The van der Waals surface area contributed by atoms with Gasteiger partial charge in [-0.3, -0.25) is 4.57 Å². The number of methoxy groups -OCH3 is 1. The monoisotopic (exact) mass is 480 g/mol. The van der Waals surface area contributed by atoms with Gasteiger partial charge in [-0.2, -0.15) is 0 Å². The molecule has 0 aliphatic carbocycles. The van der Waals surface area contributed by atoms with Crippen molar-refractivity contribution in [2.75, 3.05) is 12.8 Å². The molecule has 5 aromatic rings. The Morgan fingerprint density at radius 2 is 1.50 bits per heavy atom. The first-order valence-electron chi connectivity index (χ1n) is 11.9. The average Bonchev–Trinajstić information content (AvgIpc) is 3.18. The molecular formula is C29H28N4O3. The fourth-order valence-electron chi connectivity index (χ4n) is 4.20. The minimum Gasteiger partial charge on any atom is -0.465 e. The summed E-state index contributed by atoms with van der Waals surface area (Å²) in [5.41, 5.74) is 11.0. The molecule has 0 aliphatic heterocycles. The summed E-state index contributed by atoms with van der Waals surface area (Å²) < 4.78 is 12.8. The number of hydrogen-bond donors (Lipinski definition) is 1. The molecule has 0 saturated heterocycles. The number of esters is 1. The van der Waals surface area contributed by atoms with Crippen LogP contribution in [-0.2, 0) is 10.2 Å². The summed E-state index contributed by atoms with van der Waals surface area (Å²) in [6.07, 6.45) is 1.06. The van der Waals surface area contributed by atoms with E-state index in [0.29, 0.717) is 27.9 Å². The highest BCUT2D eigenvalue weighted by Crippen LogP contribution is 2.33. The molecule has 2 aromatic heterocycles. The molecule has 182 valence electrons. The number of anilines is 1. The number of benzene rings is 3. The minimum atomic E-state index is -0.560. The fraction of sp³-hybridized carbons (Fsp3) is 0.207. The zero-order valence-electron chi connectivity index (χ0n) is 20.8. The minimum absolute atomic E-state index is 0.122. The second-order valence-electron chi connectivity index (χ2n) is 9.33. The molecule has 0 aliphatic rings. The highest BCUT2D eigenvalue weighted by molar-refractivity contribution is 6.08. The number of nitrogens with two attached hydrogens (primary N) is 1. The molecule has 7 nitrogen and oxygen atoms in total. The van der Waals surface area contributed by atoms with Gasteiger partial charge < -0.3 is 15.2 Å². The topological polar surface area (TPSA) is 92.3 Å². The second-order valence-corrected chi connectivity index (χ2v) is 9.33. The first-order chi connectivity index (χ1) is 17.3. The van der Waals surface area contributed by atoms with Crippen LogP contribution >= 0.6 is 0 Å². The lowest BCUT2D eigenvalue weighted by Gasteiger charge is -2.23. The van der Waals surface area contributed by atoms with E-state index in [0.717, 1.165) is 17.9 Å². The van der Waals surface area contributed by atoms with Gasteiger partial charge in [-0.05, 0) is 65.9 Å². The Hall–Kier alpha value is -4.39. The Labute approximate surface area is 209 Å². The van der Waals surface area contributed by atoms with Gasteiger partial charge in [0.05, 0.1) is 18.1 Å². The molecule has 36 heavy (non-hydrogen) atoms. The summed E-state index contributed by atoms with van der Waals surface area (Å²) in [6, 6.07) is 23.1. The molecule has 2 N–H and O–H groups in total. The number of nitrogens with zero attached hydrogens (tertiary/aromatic N) is 3. The Morgan fingerprint density at radius 1 is 0.917 bits per heavy atom. The number of aromatic nitrogens is 3. The molecule has 0 radical (unpaired) electrons. The maximum Gasteiger partial charge on any atom is 0.343 e. The molecule has 5 rings (SSSR count). The lowest BCUT2D eigenvalue weighted by molar-refractivity contribution is 0.0604. The van der Waals surface area contributed by atoms with E-state index < -0.39 is 5.97 Å². The molecule has 3 aromatic carbocycles. The Bertz CT molecular complexity index is 1570. The van der Waals surface area contributed by atoms with Gasteiger partial charge in [-0.15, -0.1) is 0 Å². The van der Waals surface area contributed by atoms with Crippen molar-refractivity contribution in [2.24, 2.45) is 0 Å². The third-order valence-corrected chi connectivity index (χ3v) is 6.74. The van der Waals surface area contributed by atoms with Crippen molar-refractivity contribution in [3.05, 3.63) is 83.9 Å². The van der Waals surface area contributed by atoms with Crippen LogP contribution in [0.2, 0.25) is 0 Å². The summed E-state index contributed by atoms with van der Waals surface area (Å²) in [7, 11) is 1.32. The summed E-state index contributed by atoms with van der Waals surface area (Å²) in [6.45, 7) is 6.66. The van der Waals surface area contributed by atoms with E-state index in [9.17, 15) is 4.79 Å². The van der Waals surface area contributed by atoms with E-state index in [1.54, 1.807) is 4.57 Å². The van der Waals surface area contributed by atoms with Gasteiger partial charge in [0.2, 0.25) is 0 Å². The van der Waals surface area contributed by atoms with Crippen molar-refractivity contribution in [2.45, 2.75) is 32.6 Å². The van der Waals surface area contributed by atoms with Gasteiger partial charge in [-0.25, -0.2) is 14.8 Å². The number of hydrogen-bond acceptors (Lipinski definition) is 6. The molecule has 0 atom stereocenters. The lowest BCUT2D eigenvalue weighted by Crippen LogP contribution is -2.14. The van der Waals surface area contributed by atoms with Gasteiger partial charge in [-0.1, -0.05) is 45.0 Å². The molecule has 0 unspecified atom stereocenters. The SMILES string of the molecule is CCC(C)(C)c1ccc(Oc2ccc(-n3c(N)c(C(=O)OC)c4nc5ccccc5nc43)cc2)cc1. The van der Waals surface area contributed by atoms with Crippen molar-refractivity contribution in [1.29, 1.82) is 0 Å². The third kappa shape index (κ3) is 4.02. The van der Waals surface area contributed by atoms with Gasteiger partial charge >= 0.3 is 5.97 Å². The summed E-state index contributed by atoms with van der Waals surface area (Å²) in [5.74, 6) is 1.10. The van der Waals surface area contributed by atoms with Crippen molar-refractivity contribution in [1.82, 2.24) is 14.5 Å². The zero-order chi connectivity index (χ0) is 25.4. The maximum absolute atomic E-state index is 12.6. The molecule has 0 spiro atoms. The summed E-state index contributed by atoms with van der Waals surface area (Å²) >= 11 is 0. The molecule has 0 saturated carbocycles. The highest BCUT2D eigenvalue weighted by Gasteiger charge is 2.25. The van der Waals surface area contributed by atoms with Crippen molar-refractivity contribution >= 4 is 34.0 Å². The van der Waals surface area contributed by atoms with Crippen molar-refractivity contribution < 1.29 is 14.3 Å². The molecule has 0 fully saturated rings. The number of ether oxygens (including phenoxy) is 2. The number of nitrogen functional groups attached to an aromatic ring is 1. The summed E-state index contributed by atoms with van der Waals surface area (Å²) in [5, 5.41) is 0. The molecular weight excluding hydrogens is 452 g/mol. The summed E-state index contributed by atoms with van der Waals surface area (Å²) in [4.78, 5) is 22.0. The Kier molecular flexibility index (Phi) is 5.84. The van der Waals surface area contributed by atoms with E-state index in [4.69, 9.17) is 20.2 Å². The Morgan fingerprint density at radius 3 is 2.08 bits per heavy atom. The van der Waals surface area contributed by atoms with Gasteiger partial charge in [0.25, 0.3) is 0 Å². The number of carbonyl (C=O) groups excluding carboxylic acids is 1. The van der Waals surface area contributed by atoms with E-state index in [1.807, 2.05) is 60.7 Å². The largest absolute Gasteiger partial charge is 0.465 e. The Balaban J connectivity index is 1.52. The second kappa shape index (κ2) is 9.00. The zero-order valence-corrected chi connectivity index (χ0v) is 20.8. The predicted molar refractivity (Wildman–Crippen MR) is 142 cm³/mol. The molecule has 0 bridgehead atoms. The number of fused-ring (bicyclic) bond motifs is 2. The van der Waals surface area contributed by atoms with E-state index >= 15 is 0 Å². The molecule has 7 heteroatoms. The van der Waals surface area contributed by atoms with Gasteiger partial charge in [0.1, 0.15) is 28.4 Å². The quantitative estimate of drug-likeness (QED) is 0.282. The van der Waals surface area contributed by atoms with Crippen LogP contribution in [0.3, 0.4) is 0 Å². The number of carbonyl (C=O) groups is 1. The van der Waals surface area contributed by atoms with Crippen molar-refractivity contribution in [3.8, 4) is 17.2 Å². The fourth-order valence-corrected chi connectivity index (χ4v) is 4.20. The van der Waals surface area contributed by atoms with Crippen LogP contribution in [-0.4, -0.2) is 27.6 Å². The predicted octanol–water partition coefficient (Wildman–Crippen LogP) is 6.42. The molecule has 2 heterocycles. The van der Waals surface area contributed by atoms with Crippen LogP contribution in [0, 0.1) is 0 Å². The lowest BCUT2D eigenvalue weighted by atomic mass is 9.82. The van der Waals surface area contributed by atoms with E-state index in [1.165, 1.54) is 12.7 Å². The van der Waals surface area contributed by atoms with Crippen molar-refractivity contribution in [3.63, 3.8) is 0 Å². The van der Waals surface area contributed by atoms with Crippen LogP contribution in [0.15, 0.2) is 72.8 Å². The van der Waals surface area contributed by atoms with Gasteiger partial charge in [0.15, 0.2) is 5.65 Å². The first-order valence-corrected chi connectivity index (χ1v) is 11.9. The van der Waals surface area contributed by atoms with Crippen LogP contribution in [0.4, 0.5) is 5.82 Å². The van der Waals surface area contributed by atoms with E-state index in [-0.39, 0.29) is 16.8 Å². The van der Waals surface area contributed by atoms with Crippen LogP contribution in [0.1, 0.15) is 43.1 Å². The highest BCUT2D eigenvalue weighted by atomic mass is 16.5. The van der Waals surface area contributed by atoms with Crippen LogP contribution < -0.4 is 10.5 Å². The van der Waals surface area contributed by atoms with E-state index in [2.05, 4.69) is 37.9 Å². The smallest absolute Gasteiger partial charge is 0.343 e.